The lowest BCUT2D eigenvalue weighted by atomic mass is 10.0. The fourth-order valence-corrected chi connectivity index (χ4v) is 3.68. The molecule has 1 aliphatic heterocycles. The molecule has 8 heteroatoms. The monoisotopic (exact) mass is 411 g/mol. The number of amides is 1. The molecule has 0 aliphatic carbocycles. The maximum atomic E-state index is 12.5. The van der Waals surface area contributed by atoms with Crippen molar-refractivity contribution in [1.82, 2.24) is 10.2 Å². The molecule has 0 radical (unpaired) electrons. The molecule has 1 aliphatic rings. The van der Waals surface area contributed by atoms with Gasteiger partial charge in [0, 0.05) is 11.3 Å². The Labute approximate surface area is 172 Å². The van der Waals surface area contributed by atoms with E-state index in [-0.39, 0.29) is 18.5 Å². The van der Waals surface area contributed by atoms with Crippen molar-refractivity contribution in [2.24, 2.45) is 0 Å². The molecule has 150 valence electrons. The van der Waals surface area contributed by atoms with Crippen molar-refractivity contribution < 1.29 is 18.7 Å². The molecule has 0 fully saturated rings. The highest BCUT2D eigenvalue weighted by Gasteiger charge is 2.17. The molecule has 2 aromatic carbocycles. The maximum absolute atomic E-state index is 12.5. The van der Waals surface area contributed by atoms with Crippen LogP contribution < -0.4 is 14.8 Å². The number of anilines is 1. The number of aromatic nitrogens is 2. The second-order valence-corrected chi connectivity index (χ2v) is 7.36. The minimum absolute atomic E-state index is 0.103. The van der Waals surface area contributed by atoms with Crippen molar-refractivity contribution in [2.75, 3.05) is 17.9 Å². The highest BCUT2D eigenvalue weighted by Crippen LogP contribution is 2.36. The second kappa shape index (κ2) is 8.57. The number of aryl methyl sites for hydroxylation is 2. The third kappa shape index (κ3) is 4.22. The number of carbonyl (C=O) groups is 1. The van der Waals surface area contributed by atoms with E-state index < -0.39 is 0 Å². The van der Waals surface area contributed by atoms with Crippen LogP contribution in [0.4, 0.5) is 5.69 Å². The summed E-state index contributed by atoms with van der Waals surface area (Å²) in [5.41, 5.74) is 3.91. The summed E-state index contributed by atoms with van der Waals surface area (Å²) in [5.74, 6) is 1.79. The van der Waals surface area contributed by atoms with Crippen molar-refractivity contribution >= 4 is 23.4 Å². The molecule has 0 spiro atoms. The Hall–Kier alpha value is -3.00. The molecular weight excluding hydrogens is 390 g/mol. The summed E-state index contributed by atoms with van der Waals surface area (Å²) in [6.45, 7) is 4.37. The van der Waals surface area contributed by atoms with E-state index >= 15 is 0 Å². The second-order valence-electron chi connectivity index (χ2n) is 6.44. The molecule has 0 unspecified atom stereocenters. The first-order chi connectivity index (χ1) is 14.2. The molecule has 1 N–H and O–H groups in total. The van der Waals surface area contributed by atoms with Gasteiger partial charge in [-0.3, -0.25) is 4.79 Å². The predicted molar refractivity (Wildman–Crippen MR) is 110 cm³/mol. The van der Waals surface area contributed by atoms with Gasteiger partial charge in [-0.1, -0.05) is 43.8 Å². The van der Waals surface area contributed by atoms with Gasteiger partial charge in [0.15, 0.2) is 11.5 Å². The van der Waals surface area contributed by atoms with E-state index in [9.17, 15) is 4.79 Å². The smallest absolute Gasteiger partial charge is 0.277 e. The molecule has 0 atom stereocenters. The van der Waals surface area contributed by atoms with Gasteiger partial charge in [-0.05, 0) is 42.2 Å². The van der Waals surface area contributed by atoms with Crippen LogP contribution in [0, 0.1) is 0 Å². The Bertz CT molecular complexity index is 1010. The number of benzene rings is 2. The summed E-state index contributed by atoms with van der Waals surface area (Å²) in [6, 6.07) is 11.5. The van der Waals surface area contributed by atoms with Crippen molar-refractivity contribution in [3.8, 4) is 23.0 Å². The third-order valence-corrected chi connectivity index (χ3v) is 5.43. The van der Waals surface area contributed by atoms with Crippen molar-refractivity contribution in [3.63, 3.8) is 0 Å². The van der Waals surface area contributed by atoms with E-state index in [2.05, 4.69) is 29.4 Å². The van der Waals surface area contributed by atoms with E-state index in [4.69, 9.17) is 13.9 Å². The summed E-state index contributed by atoms with van der Waals surface area (Å²) in [4.78, 5) is 12.5. The molecular formula is C21H21N3O4S. The fraction of sp³-hybridized carbons (Fsp3) is 0.286. The summed E-state index contributed by atoms with van der Waals surface area (Å²) >= 11 is 1.21. The maximum Gasteiger partial charge on any atom is 0.277 e. The lowest BCUT2D eigenvalue weighted by molar-refractivity contribution is -0.113. The zero-order chi connectivity index (χ0) is 20.2. The molecule has 2 heterocycles. The van der Waals surface area contributed by atoms with Gasteiger partial charge in [-0.15, -0.1) is 10.2 Å². The number of rotatable bonds is 7. The Morgan fingerprint density at radius 1 is 1.07 bits per heavy atom. The topological polar surface area (TPSA) is 86.5 Å². The van der Waals surface area contributed by atoms with Crippen LogP contribution in [-0.4, -0.2) is 28.7 Å². The fourth-order valence-electron chi connectivity index (χ4n) is 3.12. The number of fused-ring (bicyclic) bond motifs is 1. The lowest BCUT2D eigenvalue weighted by Gasteiger charge is -2.13. The normalized spacial score (nSPS) is 12.2. The molecule has 3 aromatic rings. The standard InChI is InChI=1S/C21H21N3O4S/c1-3-13-6-5-7-14(4-2)19(13)22-18(25)11-29-21-24-23-20(28-21)15-8-9-16-17(10-15)27-12-26-16/h5-10H,3-4,11-12H2,1-2H3,(H,22,25). The van der Waals surface area contributed by atoms with Crippen LogP contribution in [0.25, 0.3) is 11.5 Å². The average Bonchev–Trinajstić information content (AvgIpc) is 3.41. The minimum Gasteiger partial charge on any atom is -0.454 e. The molecule has 0 bridgehead atoms. The number of carbonyl (C=O) groups excluding carboxylic acids is 1. The van der Waals surface area contributed by atoms with Gasteiger partial charge in [-0.2, -0.15) is 0 Å². The third-order valence-electron chi connectivity index (χ3n) is 4.62. The van der Waals surface area contributed by atoms with Crippen molar-refractivity contribution in [1.29, 1.82) is 0 Å². The van der Waals surface area contributed by atoms with E-state index in [1.807, 2.05) is 24.3 Å². The Morgan fingerprint density at radius 2 is 1.83 bits per heavy atom. The summed E-state index contributed by atoms with van der Waals surface area (Å²) in [7, 11) is 0. The lowest BCUT2D eigenvalue weighted by Crippen LogP contribution is -2.16. The number of hydrogen-bond donors (Lipinski definition) is 1. The van der Waals surface area contributed by atoms with Gasteiger partial charge in [0.1, 0.15) is 0 Å². The summed E-state index contributed by atoms with van der Waals surface area (Å²) in [5, 5.41) is 11.5. The number of nitrogens with one attached hydrogen (secondary N) is 1. The van der Waals surface area contributed by atoms with E-state index in [0.717, 1.165) is 35.2 Å². The van der Waals surface area contributed by atoms with Crippen molar-refractivity contribution in [3.05, 3.63) is 47.5 Å². The van der Waals surface area contributed by atoms with Crippen LogP contribution >= 0.6 is 11.8 Å². The van der Waals surface area contributed by atoms with Crippen LogP contribution in [0.15, 0.2) is 46.0 Å². The SMILES string of the molecule is CCc1cccc(CC)c1NC(=O)CSc1nnc(-c2ccc3c(c2)OCO3)o1. The Morgan fingerprint density at radius 3 is 2.59 bits per heavy atom. The first kappa shape index (κ1) is 19.3. The molecule has 0 saturated carbocycles. The first-order valence-electron chi connectivity index (χ1n) is 9.44. The van der Waals surface area contributed by atoms with Crippen LogP contribution in [0.5, 0.6) is 11.5 Å². The molecule has 29 heavy (non-hydrogen) atoms. The number of hydrogen-bond acceptors (Lipinski definition) is 7. The van der Waals surface area contributed by atoms with Crippen molar-refractivity contribution in [2.45, 2.75) is 31.9 Å². The number of nitrogens with zero attached hydrogens (tertiary/aromatic N) is 2. The van der Waals surface area contributed by atoms with Gasteiger partial charge in [0.05, 0.1) is 5.75 Å². The zero-order valence-corrected chi connectivity index (χ0v) is 17.0. The van der Waals surface area contributed by atoms with Crippen LogP contribution in [0.1, 0.15) is 25.0 Å². The zero-order valence-electron chi connectivity index (χ0n) is 16.2. The number of ether oxygens (including phenoxy) is 2. The minimum atomic E-state index is -0.103. The van der Waals surface area contributed by atoms with Crippen LogP contribution in [0.2, 0.25) is 0 Å². The van der Waals surface area contributed by atoms with Gasteiger partial charge in [0.2, 0.25) is 18.6 Å². The number of thioether (sulfide) groups is 1. The highest BCUT2D eigenvalue weighted by atomic mass is 32.2. The summed E-state index contributed by atoms with van der Waals surface area (Å²) < 4.78 is 16.4. The number of para-hydroxylation sites is 1. The average molecular weight is 411 g/mol. The summed E-state index contributed by atoms with van der Waals surface area (Å²) in [6.07, 6.45) is 1.72. The largest absolute Gasteiger partial charge is 0.454 e. The van der Waals surface area contributed by atoms with Crippen LogP contribution in [0.3, 0.4) is 0 Å². The van der Waals surface area contributed by atoms with E-state index in [0.29, 0.717) is 22.6 Å². The Balaban J connectivity index is 1.40. The Kier molecular flexibility index (Phi) is 5.71. The van der Waals surface area contributed by atoms with Gasteiger partial charge >= 0.3 is 0 Å². The van der Waals surface area contributed by atoms with E-state index in [1.165, 1.54) is 11.8 Å². The molecule has 7 nitrogen and oxygen atoms in total. The quantitative estimate of drug-likeness (QED) is 0.579. The molecule has 4 rings (SSSR count). The van der Waals surface area contributed by atoms with E-state index in [1.54, 1.807) is 12.1 Å². The van der Waals surface area contributed by atoms with Crippen LogP contribution in [-0.2, 0) is 17.6 Å². The first-order valence-corrected chi connectivity index (χ1v) is 10.4. The molecule has 1 amide bonds. The molecule has 0 saturated heterocycles. The van der Waals surface area contributed by atoms with Gasteiger partial charge in [-0.25, -0.2) is 0 Å². The molecule has 1 aromatic heterocycles. The highest BCUT2D eigenvalue weighted by molar-refractivity contribution is 7.99. The van der Waals surface area contributed by atoms with Gasteiger partial charge < -0.3 is 19.2 Å². The predicted octanol–water partition coefficient (Wildman–Crippen LogP) is 4.32. The van der Waals surface area contributed by atoms with Gasteiger partial charge in [0.25, 0.3) is 5.22 Å².